The summed E-state index contributed by atoms with van der Waals surface area (Å²) >= 11 is 6.02. The standard InChI is InChI=1S/C16H20ClFN2/c1-3-12(2)20-9-8-14(19-20)10-13(11-17)15-6-4-5-7-16(15)18/h4-9,12-13H,3,10-11H2,1-2H3. The van der Waals surface area contributed by atoms with Crippen LogP contribution >= 0.6 is 11.6 Å². The Balaban J connectivity index is 2.15. The molecule has 0 saturated carbocycles. The molecular weight excluding hydrogens is 275 g/mol. The predicted molar refractivity (Wildman–Crippen MR) is 80.8 cm³/mol. The molecule has 1 aromatic heterocycles. The topological polar surface area (TPSA) is 17.8 Å². The predicted octanol–water partition coefficient (Wildman–Crippen LogP) is 4.56. The van der Waals surface area contributed by atoms with Gasteiger partial charge in [-0.25, -0.2) is 4.39 Å². The third kappa shape index (κ3) is 3.40. The third-order valence-electron chi connectivity index (χ3n) is 3.69. The molecule has 0 amide bonds. The molecular formula is C16H20ClFN2. The Hall–Kier alpha value is -1.35. The first kappa shape index (κ1) is 15.0. The van der Waals surface area contributed by atoms with Crippen LogP contribution in [0.1, 0.15) is 43.5 Å². The minimum Gasteiger partial charge on any atom is -0.270 e. The Bertz CT molecular complexity index is 553. The number of benzene rings is 1. The molecule has 1 aromatic carbocycles. The van der Waals surface area contributed by atoms with E-state index >= 15 is 0 Å². The molecule has 0 bridgehead atoms. The van der Waals surface area contributed by atoms with E-state index in [1.807, 2.05) is 23.0 Å². The van der Waals surface area contributed by atoms with Crippen molar-refractivity contribution in [2.24, 2.45) is 0 Å². The minimum atomic E-state index is -0.195. The van der Waals surface area contributed by atoms with Gasteiger partial charge >= 0.3 is 0 Å². The number of rotatable bonds is 6. The summed E-state index contributed by atoms with van der Waals surface area (Å²) in [7, 11) is 0. The maximum Gasteiger partial charge on any atom is 0.126 e. The van der Waals surface area contributed by atoms with Crippen LogP contribution in [0.5, 0.6) is 0 Å². The fraction of sp³-hybridized carbons (Fsp3) is 0.438. The third-order valence-corrected chi connectivity index (χ3v) is 4.07. The van der Waals surface area contributed by atoms with Gasteiger partial charge in [-0.05, 0) is 37.5 Å². The lowest BCUT2D eigenvalue weighted by molar-refractivity contribution is 0.472. The van der Waals surface area contributed by atoms with Crippen LogP contribution in [0.3, 0.4) is 0 Å². The average molecular weight is 295 g/mol. The number of nitrogens with zero attached hydrogens (tertiary/aromatic N) is 2. The first-order valence-corrected chi connectivity index (χ1v) is 7.53. The Kier molecular flexibility index (Phi) is 5.18. The molecule has 0 aliphatic rings. The zero-order valence-corrected chi connectivity index (χ0v) is 12.6. The second kappa shape index (κ2) is 6.89. The van der Waals surface area contributed by atoms with Gasteiger partial charge in [0.05, 0.1) is 5.69 Å². The maximum atomic E-state index is 13.8. The van der Waals surface area contributed by atoms with Crippen molar-refractivity contribution in [3.05, 3.63) is 53.6 Å². The van der Waals surface area contributed by atoms with Crippen LogP contribution in [-0.2, 0) is 6.42 Å². The van der Waals surface area contributed by atoms with Gasteiger partial charge in [-0.15, -0.1) is 11.6 Å². The summed E-state index contributed by atoms with van der Waals surface area (Å²) < 4.78 is 15.8. The van der Waals surface area contributed by atoms with E-state index in [0.717, 1.165) is 12.1 Å². The second-order valence-electron chi connectivity index (χ2n) is 5.12. The largest absolute Gasteiger partial charge is 0.270 e. The molecule has 0 N–H and O–H groups in total. The lowest BCUT2D eigenvalue weighted by atomic mass is 9.95. The van der Waals surface area contributed by atoms with E-state index in [1.54, 1.807) is 12.1 Å². The lowest BCUT2D eigenvalue weighted by Crippen LogP contribution is -2.09. The number of aromatic nitrogens is 2. The smallest absolute Gasteiger partial charge is 0.126 e. The molecule has 0 spiro atoms. The molecule has 0 saturated heterocycles. The van der Waals surface area contributed by atoms with Gasteiger partial charge in [-0.2, -0.15) is 5.10 Å². The zero-order chi connectivity index (χ0) is 14.5. The number of halogens is 2. The van der Waals surface area contributed by atoms with E-state index < -0.39 is 0 Å². The van der Waals surface area contributed by atoms with Crippen LogP contribution in [0.2, 0.25) is 0 Å². The van der Waals surface area contributed by atoms with Crippen LogP contribution in [0.15, 0.2) is 36.5 Å². The van der Waals surface area contributed by atoms with E-state index in [-0.39, 0.29) is 11.7 Å². The molecule has 0 radical (unpaired) electrons. The maximum absolute atomic E-state index is 13.8. The summed E-state index contributed by atoms with van der Waals surface area (Å²) in [6.45, 7) is 4.26. The highest BCUT2D eigenvalue weighted by atomic mass is 35.5. The molecule has 0 aliphatic heterocycles. The summed E-state index contributed by atoms with van der Waals surface area (Å²) in [4.78, 5) is 0. The molecule has 20 heavy (non-hydrogen) atoms. The highest BCUT2D eigenvalue weighted by molar-refractivity contribution is 6.18. The number of alkyl halides is 1. The highest BCUT2D eigenvalue weighted by Gasteiger charge is 2.17. The summed E-state index contributed by atoms with van der Waals surface area (Å²) in [6, 6.07) is 9.19. The van der Waals surface area contributed by atoms with Gasteiger partial charge in [0.25, 0.3) is 0 Å². The number of hydrogen-bond acceptors (Lipinski definition) is 1. The van der Waals surface area contributed by atoms with Crippen molar-refractivity contribution >= 4 is 11.6 Å². The highest BCUT2D eigenvalue weighted by Crippen LogP contribution is 2.24. The van der Waals surface area contributed by atoms with Gasteiger partial charge in [0.1, 0.15) is 5.82 Å². The van der Waals surface area contributed by atoms with Gasteiger partial charge in [-0.3, -0.25) is 4.68 Å². The van der Waals surface area contributed by atoms with Crippen molar-refractivity contribution in [3.63, 3.8) is 0 Å². The molecule has 0 fully saturated rings. The SMILES string of the molecule is CCC(C)n1ccc(CC(CCl)c2ccccc2F)n1. The molecule has 2 unspecified atom stereocenters. The van der Waals surface area contributed by atoms with Crippen LogP contribution in [0.4, 0.5) is 4.39 Å². The Morgan fingerprint density at radius 3 is 2.70 bits per heavy atom. The van der Waals surface area contributed by atoms with Gasteiger partial charge in [0.2, 0.25) is 0 Å². The first-order valence-electron chi connectivity index (χ1n) is 7.00. The zero-order valence-electron chi connectivity index (χ0n) is 11.9. The van der Waals surface area contributed by atoms with Gasteiger partial charge in [-0.1, -0.05) is 25.1 Å². The quantitative estimate of drug-likeness (QED) is 0.714. The summed E-state index contributed by atoms with van der Waals surface area (Å²) in [5.74, 6) is 0.148. The summed E-state index contributed by atoms with van der Waals surface area (Å²) in [6.07, 6.45) is 3.68. The monoisotopic (exact) mass is 294 g/mol. The first-order chi connectivity index (χ1) is 9.65. The molecule has 1 heterocycles. The normalized spacial score (nSPS) is 14.2. The molecule has 2 atom stereocenters. The van der Waals surface area contributed by atoms with E-state index in [0.29, 0.717) is 23.9 Å². The lowest BCUT2D eigenvalue weighted by Gasteiger charge is -2.14. The van der Waals surface area contributed by atoms with Crippen molar-refractivity contribution < 1.29 is 4.39 Å². The van der Waals surface area contributed by atoms with E-state index in [1.165, 1.54) is 6.07 Å². The average Bonchev–Trinajstić information content (AvgIpc) is 2.93. The van der Waals surface area contributed by atoms with E-state index in [2.05, 4.69) is 18.9 Å². The van der Waals surface area contributed by atoms with Crippen molar-refractivity contribution in [1.29, 1.82) is 0 Å². The minimum absolute atomic E-state index is 0.0434. The fourth-order valence-corrected chi connectivity index (χ4v) is 2.50. The van der Waals surface area contributed by atoms with E-state index in [4.69, 9.17) is 11.6 Å². The second-order valence-corrected chi connectivity index (χ2v) is 5.43. The Labute approximate surface area is 124 Å². The van der Waals surface area contributed by atoms with E-state index in [9.17, 15) is 4.39 Å². The van der Waals surface area contributed by atoms with Crippen LogP contribution in [0, 0.1) is 5.82 Å². The summed E-state index contributed by atoms with van der Waals surface area (Å²) in [5, 5.41) is 4.56. The Morgan fingerprint density at radius 2 is 2.05 bits per heavy atom. The molecule has 2 aromatic rings. The van der Waals surface area contributed by atoms with Gasteiger partial charge in [0, 0.05) is 24.0 Å². The van der Waals surface area contributed by atoms with Crippen molar-refractivity contribution in [3.8, 4) is 0 Å². The van der Waals surface area contributed by atoms with Crippen molar-refractivity contribution in [2.45, 2.75) is 38.6 Å². The fourth-order valence-electron chi connectivity index (χ4n) is 2.23. The van der Waals surface area contributed by atoms with Crippen LogP contribution < -0.4 is 0 Å². The number of hydrogen-bond donors (Lipinski definition) is 0. The Morgan fingerprint density at radius 1 is 1.30 bits per heavy atom. The molecule has 108 valence electrons. The summed E-state index contributed by atoms with van der Waals surface area (Å²) in [5.41, 5.74) is 1.62. The van der Waals surface area contributed by atoms with Crippen molar-refractivity contribution in [2.75, 3.05) is 5.88 Å². The molecule has 4 heteroatoms. The van der Waals surface area contributed by atoms with Gasteiger partial charge < -0.3 is 0 Å². The molecule has 2 nitrogen and oxygen atoms in total. The van der Waals surface area contributed by atoms with Gasteiger partial charge in [0.15, 0.2) is 0 Å². The molecule has 0 aliphatic carbocycles. The van der Waals surface area contributed by atoms with Crippen LogP contribution in [0.25, 0.3) is 0 Å². The molecule has 2 rings (SSSR count). The van der Waals surface area contributed by atoms with Crippen LogP contribution in [-0.4, -0.2) is 15.7 Å². The van der Waals surface area contributed by atoms with Crippen molar-refractivity contribution in [1.82, 2.24) is 9.78 Å².